The average molecular weight is 439 g/mol. The number of nitrogens with zero attached hydrogens (tertiary/aromatic N) is 2. The highest BCUT2D eigenvalue weighted by Gasteiger charge is 2.24. The van der Waals surface area contributed by atoms with E-state index in [0.717, 1.165) is 23.3 Å². The molecule has 0 spiro atoms. The van der Waals surface area contributed by atoms with Crippen molar-refractivity contribution in [2.75, 3.05) is 13.1 Å². The molecule has 0 atom stereocenters. The molecule has 0 radical (unpaired) electrons. The minimum absolute atomic E-state index is 0.000677. The second-order valence-corrected chi connectivity index (χ2v) is 8.41. The van der Waals surface area contributed by atoms with Crippen LogP contribution < -0.4 is 0 Å². The summed E-state index contributed by atoms with van der Waals surface area (Å²) in [6.45, 7) is 3.28. The third-order valence-corrected chi connectivity index (χ3v) is 5.86. The topological polar surface area (TPSA) is 40.6 Å². The van der Waals surface area contributed by atoms with E-state index in [1.165, 1.54) is 17.0 Å². The normalized spacial score (nSPS) is 10.6. The van der Waals surface area contributed by atoms with Crippen molar-refractivity contribution in [1.29, 1.82) is 0 Å². The zero-order chi connectivity index (χ0) is 22.1. The van der Waals surface area contributed by atoms with E-state index in [4.69, 9.17) is 0 Å². The second kappa shape index (κ2) is 11.4. The van der Waals surface area contributed by atoms with Gasteiger partial charge in [-0.1, -0.05) is 61.9 Å². The molecular weight excluding hydrogens is 411 g/mol. The fraction of sp³-hybridized carbons (Fsp3) is 0.280. The molecular formula is C25H27FN2O2S. The van der Waals surface area contributed by atoms with Gasteiger partial charge in [0.15, 0.2) is 0 Å². The Morgan fingerprint density at radius 1 is 0.903 bits per heavy atom. The molecule has 1 aromatic heterocycles. The minimum atomic E-state index is -0.568. The molecule has 162 valence electrons. The smallest absolute Gasteiger partial charge is 0.257 e. The lowest BCUT2D eigenvalue weighted by molar-refractivity contribution is -0.133. The largest absolute Gasteiger partial charge is 0.332 e. The minimum Gasteiger partial charge on any atom is -0.332 e. The standard InChI is InChI=1S/C25H27FN2O2S/c1-2-3-15-27(25(30)22-13-7-8-14-23(22)26)19-24(29)28(18-21-12-9-16-31-21)17-20-10-5-4-6-11-20/h4-14,16H,2-3,15,17-19H2,1H3. The molecule has 2 aromatic carbocycles. The van der Waals surface area contributed by atoms with Crippen molar-refractivity contribution < 1.29 is 14.0 Å². The first-order valence-corrected chi connectivity index (χ1v) is 11.3. The molecule has 0 aliphatic heterocycles. The van der Waals surface area contributed by atoms with Gasteiger partial charge in [0, 0.05) is 18.0 Å². The van der Waals surface area contributed by atoms with Gasteiger partial charge in [-0.25, -0.2) is 4.39 Å². The number of amides is 2. The van der Waals surface area contributed by atoms with Crippen LogP contribution in [0.15, 0.2) is 72.1 Å². The van der Waals surface area contributed by atoms with Gasteiger partial charge in [0.1, 0.15) is 12.4 Å². The fourth-order valence-corrected chi connectivity index (χ4v) is 4.02. The molecule has 1 heterocycles. The lowest BCUT2D eigenvalue weighted by atomic mass is 10.1. The summed E-state index contributed by atoms with van der Waals surface area (Å²) in [6.07, 6.45) is 1.62. The predicted octanol–water partition coefficient (Wildman–Crippen LogP) is 5.36. The lowest BCUT2D eigenvalue weighted by Gasteiger charge is -2.28. The maximum Gasteiger partial charge on any atom is 0.257 e. The van der Waals surface area contributed by atoms with Crippen LogP contribution in [0.2, 0.25) is 0 Å². The molecule has 0 N–H and O–H groups in total. The number of rotatable bonds is 10. The molecule has 0 saturated carbocycles. The van der Waals surface area contributed by atoms with Crippen LogP contribution in [0.1, 0.15) is 40.6 Å². The van der Waals surface area contributed by atoms with Crippen LogP contribution in [0, 0.1) is 5.82 Å². The van der Waals surface area contributed by atoms with Gasteiger partial charge in [-0.15, -0.1) is 11.3 Å². The van der Waals surface area contributed by atoms with Crippen LogP contribution in [0.3, 0.4) is 0 Å². The first-order chi connectivity index (χ1) is 15.1. The Bertz CT molecular complexity index is 976. The van der Waals surface area contributed by atoms with Crippen LogP contribution in [0.4, 0.5) is 4.39 Å². The molecule has 0 saturated heterocycles. The third kappa shape index (κ3) is 6.49. The van der Waals surface area contributed by atoms with Crippen LogP contribution in [-0.2, 0) is 17.9 Å². The van der Waals surface area contributed by atoms with Gasteiger partial charge in [0.25, 0.3) is 5.91 Å². The molecule has 31 heavy (non-hydrogen) atoms. The highest BCUT2D eigenvalue weighted by atomic mass is 32.1. The fourth-order valence-electron chi connectivity index (χ4n) is 3.30. The van der Waals surface area contributed by atoms with Crippen molar-refractivity contribution in [1.82, 2.24) is 9.80 Å². The van der Waals surface area contributed by atoms with Crippen molar-refractivity contribution in [3.8, 4) is 0 Å². The number of unbranched alkanes of at least 4 members (excludes halogenated alkanes) is 1. The maximum atomic E-state index is 14.2. The first-order valence-electron chi connectivity index (χ1n) is 10.5. The van der Waals surface area contributed by atoms with Crippen molar-refractivity contribution in [3.05, 3.63) is 93.9 Å². The number of hydrogen-bond acceptors (Lipinski definition) is 3. The van der Waals surface area contributed by atoms with Crippen LogP contribution in [-0.4, -0.2) is 34.7 Å². The van der Waals surface area contributed by atoms with Crippen LogP contribution in [0.25, 0.3) is 0 Å². The van der Waals surface area contributed by atoms with Crippen molar-refractivity contribution in [2.24, 2.45) is 0 Å². The monoisotopic (exact) mass is 438 g/mol. The Kier molecular flexibility index (Phi) is 8.35. The molecule has 0 bridgehead atoms. The van der Waals surface area contributed by atoms with E-state index < -0.39 is 11.7 Å². The highest BCUT2D eigenvalue weighted by molar-refractivity contribution is 7.09. The molecule has 0 aliphatic rings. The van der Waals surface area contributed by atoms with Gasteiger partial charge in [0.05, 0.1) is 12.1 Å². The molecule has 0 aliphatic carbocycles. The third-order valence-electron chi connectivity index (χ3n) is 4.99. The average Bonchev–Trinajstić information content (AvgIpc) is 3.30. The van der Waals surface area contributed by atoms with Crippen molar-refractivity contribution in [2.45, 2.75) is 32.9 Å². The molecule has 0 unspecified atom stereocenters. The van der Waals surface area contributed by atoms with E-state index in [-0.39, 0.29) is 18.0 Å². The van der Waals surface area contributed by atoms with Crippen LogP contribution >= 0.6 is 11.3 Å². The second-order valence-electron chi connectivity index (χ2n) is 7.37. The number of thiophene rings is 1. The van der Waals surface area contributed by atoms with Gasteiger partial charge in [-0.05, 0) is 35.6 Å². The Morgan fingerprint density at radius 3 is 2.32 bits per heavy atom. The molecule has 2 amide bonds. The SMILES string of the molecule is CCCCN(CC(=O)N(Cc1ccccc1)Cc1cccs1)C(=O)c1ccccc1F. The number of carbonyl (C=O) groups excluding carboxylic acids is 2. The zero-order valence-corrected chi connectivity index (χ0v) is 18.5. The lowest BCUT2D eigenvalue weighted by Crippen LogP contribution is -2.43. The number of benzene rings is 2. The van der Waals surface area contributed by atoms with E-state index in [0.29, 0.717) is 19.6 Å². The van der Waals surface area contributed by atoms with E-state index in [1.807, 2.05) is 54.8 Å². The zero-order valence-electron chi connectivity index (χ0n) is 17.7. The summed E-state index contributed by atoms with van der Waals surface area (Å²) in [6, 6.07) is 19.7. The molecule has 4 nitrogen and oxygen atoms in total. The van der Waals surface area contributed by atoms with Gasteiger partial charge in [0.2, 0.25) is 5.91 Å². The Balaban J connectivity index is 1.79. The van der Waals surface area contributed by atoms with E-state index >= 15 is 0 Å². The van der Waals surface area contributed by atoms with Crippen molar-refractivity contribution in [3.63, 3.8) is 0 Å². The maximum absolute atomic E-state index is 14.2. The Morgan fingerprint density at radius 2 is 1.65 bits per heavy atom. The Labute approximate surface area is 186 Å². The summed E-state index contributed by atoms with van der Waals surface area (Å²) in [5.74, 6) is -1.17. The Hall–Kier alpha value is -2.99. The van der Waals surface area contributed by atoms with Gasteiger partial charge < -0.3 is 9.80 Å². The van der Waals surface area contributed by atoms with Gasteiger partial charge >= 0.3 is 0 Å². The molecule has 3 aromatic rings. The molecule has 0 fully saturated rings. The molecule has 6 heteroatoms. The summed E-state index contributed by atoms with van der Waals surface area (Å²) in [7, 11) is 0. The first kappa shape index (κ1) is 22.7. The summed E-state index contributed by atoms with van der Waals surface area (Å²) in [4.78, 5) is 30.6. The van der Waals surface area contributed by atoms with Crippen molar-refractivity contribution >= 4 is 23.2 Å². The molecule has 3 rings (SSSR count). The highest BCUT2D eigenvalue weighted by Crippen LogP contribution is 2.17. The van der Waals surface area contributed by atoms with E-state index in [1.54, 1.807) is 28.4 Å². The summed E-state index contributed by atoms with van der Waals surface area (Å²) >= 11 is 1.59. The number of carbonyl (C=O) groups is 2. The summed E-state index contributed by atoms with van der Waals surface area (Å²) in [5, 5.41) is 1.98. The van der Waals surface area contributed by atoms with Crippen LogP contribution in [0.5, 0.6) is 0 Å². The predicted molar refractivity (Wildman–Crippen MR) is 122 cm³/mol. The van der Waals surface area contributed by atoms with Gasteiger partial charge in [-0.2, -0.15) is 0 Å². The van der Waals surface area contributed by atoms with E-state index in [9.17, 15) is 14.0 Å². The van der Waals surface area contributed by atoms with E-state index in [2.05, 4.69) is 0 Å². The summed E-state index contributed by atoms with van der Waals surface area (Å²) in [5.41, 5.74) is 1.02. The number of hydrogen-bond donors (Lipinski definition) is 0. The number of halogens is 1. The van der Waals surface area contributed by atoms with Gasteiger partial charge in [-0.3, -0.25) is 9.59 Å². The summed E-state index contributed by atoms with van der Waals surface area (Å²) < 4.78 is 14.2. The quantitative estimate of drug-likeness (QED) is 0.428.